The molecule has 0 aromatic carbocycles. The molecule has 2 rings (SSSR count). The average Bonchev–Trinajstić information content (AvgIpc) is 1.01. The lowest BCUT2D eigenvalue weighted by molar-refractivity contribution is -0.151. The first-order chi connectivity index (χ1) is 44.9. The van der Waals surface area contributed by atoms with Gasteiger partial charge in [0.1, 0.15) is 12.2 Å². The zero-order valence-corrected chi connectivity index (χ0v) is 60.6. The summed E-state index contributed by atoms with van der Waals surface area (Å²) >= 11 is 1.35. The van der Waals surface area contributed by atoms with Gasteiger partial charge in [0, 0.05) is 104 Å². The molecule has 2 aliphatic rings. The van der Waals surface area contributed by atoms with Gasteiger partial charge in [-0.15, -0.1) is 0 Å². The third-order valence-corrected chi connectivity index (χ3v) is 18.7. The van der Waals surface area contributed by atoms with E-state index >= 15 is 0 Å². The van der Waals surface area contributed by atoms with Crippen LogP contribution in [-0.4, -0.2) is 144 Å². The fourth-order valence-electron chi connectivity index (χ4n) is 12.1. The summed E-state index contributed by atoms with van der Waals surface area (Å²) in [5, 5.41) is 94.1. The van der Waals surface area contributed by atoms with E-state index in [-0.39, 0.29) is 94.9 Å². The topological polar surface area (TPSA) is 309 Å². The highest BCUT2D eigenvalue weighted by Crippen LogP contribution is 2.32. The van der Waals surface area contributed by atoms with Crippen molar-refractivity contribution in [2.45, 2.75) is 241 Å². The molecule has 18 nitrogen and oxygen atoms in total. The number of amides is 1. The van der Waals surface area contributed by atoms with Gasteiger partial charge < -0.3 is 55.6 Å². The maximum absolute atomic E-state index is 12.9. The second kappa shape index (κ2) is 52.9. The SMILES string of the molecule is C=C/C=C\[C@H](C)[C@@H]1OC(=O)/C=C\C=C\[C@@H](CCCCN=[N+]=[N-])[C@@H](O)C[C@H](O)/C=C\[C@H](C)[C@H](O)[C@@H](C)C[C@@H](C)CC[C@@H](O)[C@@H]1C.C=C/C=C\[C@H](C)[C@@H]1OC(=O)/C=C\C=C\[C@@H](CCCCNC(C)=O)[C@@H](O)C[C@H](O)/C=C\[C@H](C)[C@H](O)[C@@H](C)C[C@@H](C)CC[C@@H](O)[C@@H]1C.CCSC(C)=O. The van der Waals surface area contributed by atoms with Gasteiger partial charge in [-0.25, -0.2) is 9.59 Å². The number of thioether (sulfide) groups is 1. The third kappa shape index (κ3) is 41.6. The van der Waals surface area contributed by atoms with Gasteiger partial charge in [-0.2, -0.15) is 0 Å². The zero-order valence-electron chi connectivity index (χ0n) is 59.8. The Labute approximate surface area is 575 Å². The molecule has 0 bridgehead atoms. The number of cyclic esters (lactones) is 2. The maximum Gasteiger partial charge on any atom is 0.331 e. The van der Waals surface area contributed by atoms with E-state index in [1.807, 2.05) is 98.8 Å². The second-order valence-corrected chi connectivity index (χ2v) is 28.2. The molecule has 0 aromatic rings. The highest BCUT2D eigenvalue weighted by molar-refractivity contribution is 8.13. The van der Waals surface area contributed by atoms with E-state index in [9.17, 15) is 60.0 Å². The molecule has 0 saturated carbocycles. The Hall–Kier alpha value is -5.18. The monoisotopic (exact) mass is 1350 g/mol. The standard InChI is InChI=1S/C37H61NO7.C35H57N3O6.C4H8OS/c1-8-9-14-27(4)37-29(6)33(41)21-18-25(2)23-28(5)36(44)26(3)19-20-32(40)24-34(42)31(15-10-11-17-35(43)45-37)16-12-13-22-38-30(7)39;1-7-8-13-26(4)35-28(6)31(40)20-17-24(2)22-27(5)34(43)25(3)18-19-30(39)23-32(41)29(15-11-12-21-37-38-36)14-9-10-16-33(42)44-35;1-3-6-4(2)5/h8-11,14-15,17,19-20,25-29,31-34,36-37,40-42,44H,1,12-13,16,18,21-24H2,2-7H3,(H,38,39);7-10,13-14,16,18-19,24-32,34-35,39-41,43H,1,11-12,15,17,20-23H2,2-6H3;3H2,1-2H3/b14-9-,15-10+,17-11-,20-19-;13-8-,14-9+,16-10-,19-18-;/t25-,26-,27-,28-,29-,31-,32+,33+,34-,36-,37-;24-,25-,26-,27-,28-,29-,30+,31+,32-,34-,35-;/m00./s1. The van der Waals surface area contributed by atoms with Crippen LogP contribution in [0.4, 0.5) is 0 Å². The Balaban J connectivity index is 0.00000171. The highest BCUT2D eigenvalue weighted by atomic mass is 32.2. The summed E-state index contributed by atoms with van der Waals surface area (Å²) in [4.78, 5) is 49.7. The van der Waals surface area contributed by atoms with Crippen molar-refractivity contribution in [1.82, 2.24) is 5.32 Å². The fraction of sp³-hybridized carbons (Fsp3) is 0.684. The van der Waals surface area contributed by atoms with Crippen LogP contribution in [0, 0.1) is 71.0 Å². The quantitative estimate of drug-likeness (QED) is 0.0124. The van der Waals surface area contributed by atoms with Gasteiger partial charge >= 0.3 is 11.9 Å². The molecular weight excluding hydrogens is 1220 g/mol. The molecule has 540 valence electrons. The number of ether oxygens (including phenoxy) is 2. The molecule has 0 unspecified atom stereocenters. The van der Waals surface area contributed by atoms with Crippen molar-refractivity contribution in [1.29, 1.82) is 0 Å². The van der Waals surface area contributed by atoms with Gasteiger partial charge in [-0.05, 0) is 99.2 Å². The van der Waals surface area contributed by atoms with Crippen LogP contribution in [0.25, 0.3) is 10.4 Å². The molecule has 19 heteroatoms. The minimum absolute atomic E-state index is 0.00393. The van der Waals surface area contributed by atoms with Crippen LogP contribution in [0.2, 0.25) is 0 Å². The van der Waals surface area contributed by atoms with E-state index in [0.29, 0.717) is 51.6 Å². The number of esters is 2. The summed E-state index contributed by atoms with van der Waals surface area (Å²) in [5.74, 6) is -1.63. The van der Waals surface area contributed by atoms with Crippen molar-refractivity contribution in [3.8, 4) is 0 Å². The number of aliphatic hydroxyl groups excluding tert-OH is 8. The molecule has 2 aliphatic heterocycles. The van der Waals surface area contributed by atoms with Crippen LogP contribution in [0.3, 0.4) is 0 Å². The number of carbonyl (C=O) groups excluding carboxylic acids is 4. The van der Waals surface area contributed by atoms with E-state index in [1.165, 1.54) is 30.8 Å². The summed E-state index contributed by atoms with van der Waals surface area (Å²) in [6, 6.07) is 0. The average molecular weight is 1350 g/mol. The van der Waals surface area contributed by atoms with Crippen LogP contribution in [0.5, 0.6) is 0 Å². The van der Waals surface area contributed by atoms with Crippen LogP contribution < -0.4 is 5.32 Å². The largest absolute Gasteiger partial charge is 0.458 e. The Morgan fingerprint density at radius 2 is 1.02 bits per heavy atom. The second-order valence-electron chi connectivity index (χ2n) is 26.8. The van der Waals surface area contributed by atoms with E-state index < -0.39 is 73.0 Å². The molecule has 1 amide bonds. The lowest BCUT2D eigenvalue weighted by Gasteiger charge is -2.31. The molecule has 0 aliphatic carbocycles. The minimum Gasteiger partial charge on any atom is -0.458 e. The summed E-state index contributed by atoms with van der Waals surface area (Å²) in [6.45, 7) is 33.2. The number of azide groups is 1. The number of aliphatic hydroxyl groups is 8. The van der Waals surface area contributed by atoms with Gasteiger partial charge in [0.2, 0.25) is 5.91 Å². The molecular formula is C76H126N4O14S. The van der Waals surface area contributed by atoms with Crippen molar-refractivity contribution in [3.05, 3.63) is 133 Å². The lowest BCUT2D eigenvalue weighted by atomic mass is 9.82. The zero-order chi connectivity index (χ0) is 72.0. The molecule has 0 saturated heterocycles. The summed E-state index contributed by atoms with van der Waals surface area (Å²) in [6.07, 6.45) is 31.8. The molecule has 95 heavy (non-hydrogen) atoms. The molecule has 9 N–H and O–H groups in total. The first-order valence-electron chi connectivity index (χ1n) is 34.8. The minimum atomic E-state index is -0.895. The van der Waals surface area contributed by atoms with Crippen molar-refractivity contribution in [3.63, 3.8) is 0 Å². The molecule has 22 atom stereocenters. The van der Waals surface area contributed by atoms with E-state index in [1.54, 1.807) is 67.7 Å². The summed E-state index contributed by atoms with van der Waals surface area (Å²) in [7, 11) is 0. The molecule has 0 radical (unpaired) electrons. The van der Waals surface area contributed by atoms with Crippen LogP contribution in [0.1, 0.15) is 180 Å². The number of nitrogens with zero attached hydrogens (tertiary/aromatic N) is 3. The fourth-order valence-corrected chi connectivity index (χ4v) is 12.5. The number of allylic oxidation sites excluding steroid dienone is 8. The number of unbranched alkanes of at least 4 members (excludes halogenated alkanes) is 2. The normalized spacial score (nSPS) is 34.5. The Bertz CT molecular complexity index is 2460. The van der Waals surface area contributed by atoms with Crippen LogP contribution >= 0.6 is 11.8 Å². The van der Waals surface area contributed by atoms with Crippen LogP contribution in [0.15, 0.2) is 128 Å². The Morgan fingerprint density at radius 3 is 1.38 bits per heavy atom. The first-order valence-corrected chi connectivity index (χ1v) is 35.8. The summed E-state index contributed by atoms with van der Waals surface area (Å²) < 4.78 is 11.8. The number of nitrogens with one attached hydrogen (secondary N) is 1. The van der Waals surface area contributed by atoms with Crippen molar-refractivity contribution >= 4 is 34.7 Å². The molecule has 0 aromatic heterocycles. The van der Waals surface area contributed by atoms with E-state index in [0.717, 1.165) is 44.3 Å². The van der Waals surface area contributed by atoms with Crippen molar-refractivity contribution < 1.29 is 69.5 Å². The number of carbonyl (C=O) groups is 4. The van der Waals surface area contributed by atoms with Gasteiger partial charge in [-0.1, -0.05) is 216 Å². The predicted molar refractivity (Wildman–Crippen MR) is 386 cm³/mol. The Morgan fingerprint density at radius 1 is 0.611 bits per heavy atom. The van der Waals surface area contributed by atoms with E-state index in [2.05, 4.69) is 42.3 Å². The molecule has 2 heterocycles. The summed E-state index contributed by atoms with van der Waals surface area (Å²) in [5.41, 5.74) is 8.52. The van der Waals surface area contributed by atoms with Crippen molar-refractivity contribution in [2.75, 3.05) is 18.8 Å². The van der Waals surface area contributed by atoms with Gasteiger partial charge in [0.15, 0.2) is 5.12 Å². The lowest BCUT2D eigenvalue weighted by Crippen LogP contribution is -2.37. The van der Waals surface area contributed by atoms with Crippen LogP contribution in [-0.2, 0) is 28.7 Å². The van der Waals surface area contributed by atoms with Gasteiger partial charge in [0.25, 0.3) is 0 Å². The van der Waals surface area contributed by atoms with Gasteiger partial charge in [0.05, 0.1) is 48.8 Å². The predicted octanol–water partition coefficient (Wildman–Crippen LogP) is 13.3. The Kier molecular flexibility index (Phi) is 50.0. The smallest absolute Gasteiger partial charge is 0.331 e. The van der Waals surface area contributed by atoms with Crippen molar-refractivity contribution in [2.24, 2.45) is 76.1 Å². The first kappa shape index (κ1) is 89.8. The third-order valence-electron chi connectivity index (χ3n) is 18.0. The number of hydrogen-bond acceptors (Lipinski definition) is 16. The van der Waals surface area contributed by atoms with E-state index in [4.69, 9.17) is 15.0 Å². The maximum atomic E-state index is 12.9. The number of hydrogen-bond donors (Lipinski definition) is 9. The molecule has 0 spiro atoms. The highest BCUT2D eigenvalue weighted by Gasteiger charge is 2.34. The number of rotatable bonds is 17. The van der Waals surface area contributed by atoms with Gasteiger partial charge in [-0.3, -0.25) is 9.59 Å². The molecule has 0 fully saturated rings.